The zero-order chi connectivity index (χ0) is 19.7. The Morgan fingerprint density at radius 1 is 1.32 bits per heavy atom. The molecule has 0 saturated heterocycles. The number of hydrogen-bond acceptors (Lipinski definition) is 3. The van der Waals surface area contributed by atoms with Crippen molar-refractivity contribution >= 4 is 16.8 Å². The number of aryl methyl sites for hydroxylation is 1. The normalized spacial score (nSPS) is 15.4. The number of amides is 1. The number of pyridine rings is 1. The molecule has 4 rings (SSSR count). The van der Waals surface area contributed by atoms with E-state index in [0.29, 0.717) is 6.42 Å². The molecule has 146 valence electrons. The van der Waals surface area contributed by atoms with E-state index in [2.05, 4.69) is 58.0 Å². The maximum absolute atomic E-state index is 12.2. The van der Waals surface area contributed by atoms with Crippen molar-refractivity contribution in [1.29, 1.82) is 0 Å². The predicted octanol–water partition coefficient (Wildman–Crippen LogP) is 3.25. The maximum atomic E-state index is 12.2. The lowest BCUT2D eigenvalue weighted by Gasteiger charge is -2.26. The van der Waals surface area contributed by atoms with E-state index in [1.165, 1.54) is 27.7 Å². The number of hydrogen-bond donors (Lipinski definition) is 1. The summed E-state index contributed by atoms with van der Waals surface area (Å²) >= 11 is 0. The molecule has 1 aliphatic rings. The Balaban J connectivity index is 1.80. The number of nitrogens with zero attached hydrogens (tertiary/aromatic N) is 3. The third-order valence-corrected chi connectivity index (χ3v) is 5.87. The van der Waals surface area contributed by atoms with Crippen LogP contribution in [0.15, 0.2) is 42.7 Å². The highest BCUT2D eigenvalue weighted by molar-refractivity contribution is 5.86. The molecular formula is C23H28N4O. The van der Waals surface area contributed by atoms with Crippen molar-refractivity contribution < 1.29 is 4.79 Å². The second-order valence-electron chi connectivity index (χ2n) is 7.90. The van der Waals surface area contributed by atoms with E-state index in [9.17, 15) is 4.79 Å². The summed E-state index contributed by atoms with van der Waals surface area (Å²) < 4.78 is 2.46. The Labute approximate surface area is 166 Å². The van der Waals surface area contributed by atoms with E-state index in [0.717, 1.165) is 31.6 Å². The lowest BCUT2D eigenvalue weighted by atomic mass is 9.96. The van der Waals surface area contributed by atoms with Crippen LogP contribution in [0.25, 0.3) is 10.9 Å². The van der Waals surface area contributed by atoms with E-state index in [1.807, 2.05) is 12.3 Å². The zero-order valence-corrected chi connectivity index (χ0v) is 16.9. The van der Waals surface area contributed by atoms with Crippen molar-refractivity contribution in [2.45, 2.75) is 38.8 Å². The first-order valence-corrected chi connectivity index (χ1v) is 9.96. The van der Waals surface area contributed by atoms with Gasteiger partial charge in [-0.1, -0.05) is 17.7 Å². The zero-order valence-electron chi connectivity index (χ0n) is 16.9. The summed E-state index contributed by atoms with van der Waals surface area (Å²) in [5, 5.41) is 4.14. The second-order valence-corrected chi connectivity index (χ2v) is 7.90. The van der Waals surface area contributed by atoms with Crippen molar-refractivity contribution in [2.75, 3.05) is 20.6 Å². The number of aromatic nitrogens is 2. The van der Waals surface area contributed by atoms with Gasteiger partial charge in [0, 0.05) is 74.4 Å². The van der Waals surface area contributed by atoms with Crippen LogP contribution < -0.4 is 5.32 Å². The quantitative estimate of drug-likeness (QED) is 0.744. The van der Waals surface area contributed by atoms with Crippen LogP contribution in [0.2, 0.25) is 0 Å². The van der Waals surface area contributed by atoms with Crippen LogP contribution in [0.5, 0.6) is 0 Å². The molecule has 0 bridgehead atoms. The summed E-state index contributed by atoms with van der Waals surface area (Å²) in [5.41, 5.74) is 6.54. The van der Waals surface area contributed by atoms with Gasteiger partial charge in [-0.25, -0.2) is 0 Å². The molecule has 1 aromatic carbocycles. The van der Waals surface area contributed by atoms with E-state index in [4.69, 9.17) is 0 Å². The standard InChI is InChI=1S/C23H28N4O/c1-16-6-7-21-19(11-16)20-15-26(3)10-8-22(20)27(21)14-18(12-23(28)24-2)17-5-4-9-25-13-17/h4-7,9,11,13,18H,8,10,12,14-15H2,1-3H3,(H,24,28). The molecular weight excluding hydrogens is 348 g/mol. The number of nitrogens with one attached hydrogen (secondary N) is 1. The molecule has 5 nitrogen and oxygen atoms in total. The van der Waals surface area contributed by atoms with Crippen LogP contribution in [-0.2, 0) is 24.3 Å². The number of likely N-dealkylation sites (N-methyl/N-ethyl adjacent to an activating group) is 1. The predicted molar refractivity (Wildman–Crippen MR) is 112 cm³/mol. The maximum Gasteiger partial charge on any atom is 0.220 e. The fourth-order valence-electron chi connectivity index (χ4n) is 4.36. The van der Waals surface area contributed by atoms with Gasteiger partial charge in [-0.05, 0) is 43.3 Å². The van der Waals surface area contributed by atoms with Gasteiger partial charge in [-0.15, -0.1) is 0 Å². The summed E-state index contributed by atoms with van der Waals surface area (Å²) in [6, 6.07) is 10.8. The lowest BCUT2D eigenvalue weighted by Crippen LogP contribution is -2.28. The van der Waals surface area contributed by atoms with E-state index >= 15 is 0 Å². The van der Waals surface area contributed by atoms with Crippen LogP contribution in [0.3, 0.4) is 0 Å². The first-order chi connectivity index (χ1) is 13.6. The summed E-state index contributed by atoms with van der Waals surface area (Å²) in [6.45, 7) is 4.99. The molecule has 1 N–H and O–H groups in total. The minimum atomic E-state index is 0.0646. The van der Waals surface area contributed by atoms with Gasteiger partial charge in [0.15, 0.2) is 0 Å². The van der Waals surface area contributed by atoms with Gasteiger partial charge in [0.25, 0.3) is 0 Å². The van der Waals surface area contributed by atoms with Crippen molar-refractivity contribution in [2.24, 2.45) is 0 Å². The van der Waals surface area contributed by atoms with Gasteiger partial charge >= 0.3 is 0 Å². The molecule has 0 spiro atoms. The topological polar surface area (TPSA) is 50.2 Å². The first-order valence-electron chi connectivity index (χ1n) is 9.96. The number of carbonyl (C=O) groups is 1. The number of carbonyl (C=O) groups excluding carboxylic acids is 1. The highest BCUT2D eigenvalue weighted by Crippen LogP contribution is 2.34. The second kappa shape index (κ2) is 7.76. The molecule has 1 atom stereocenters. The third kappa shape index (κ3) is 3.54. The van der Waals surface area contributed by atoms with E-state index < -0.39 is 0 Å². The molecule has 5 heteroatoms. The highest BCUT2D eigenvalue weighted by Gasteiger charge is 2.25. The van der Waals surface area contributed by atoms with Gasteiger partial charge in [-0.2, -0.15) is 0 Å². The van der Waals surface area contributed by atoms with Gasteiger partial charge in [0.05, 0.1) is 0 Å². The number of benzene rings is 1. The molecule has 28 heavy (non-hydrogen) atoms. The average Bonchev–Trinajstić information content (AvgIpc) is 3.00. The molecule has 2 aromatic heterocycles. The minimum Gasteiger partial charge on any atom is -0.359 e. The van der Waals surface area contributed by atoms with Crippen molar-refractivity contribution in [3.05, 3.63) is 65.1 Å². The van der Waals surface area contributed by atoms with Gasteiger partial charge in [-0.3, -0.25) is 9.78 Å². The van der Waals surface area contributed by atoms with Crippen molar-refractivity contribution in [3.63, 3.8) is 0 Å². The van der Waals surface area contributed by atoms with Crippen LogP contribution >= 0.6 is 0 Å². The Hall–Kier alpha value is -2.66. The van der Waals surface area contributed by atoms with E-state index in [-0.39, 0.29) is 11.8 Å². The van der Waals surface area contributed by atoms with Gasteiger partial charge in [0.1, 0.15) is 0 Å². The molecule has 1 amide bonds. The van der Waals surface area contributed by atoms with E-state index in [1.54, 1.807) is 13.2 Å². The Bertz CT molecular complexity index is 993. The summed E-state index contributed by atoms with van der Waals surface area (Å²) in [5.74, 6) is 0.157. The Kier molecular flexibility index (Phi) is 5.18. The minimum absolute atomic E-state index is 0.0646. The Morgan fingerprint density at radius 3 is 2.93 bits per heavy atom. The monoisotopic (exact) mass is 376 g/mol. The number of fused-ring (bicyclic) bond motifs is 3. The molecule has 0 saturated carbocycles. The average molecular weight is 377 g/mol. The van der Waals surface area contributed by atoms with Crippen molar-refractivity contribution in [3.8, 4) is 0 Å². The van der Waals surface area contributed by atoms with Crippen LogP contribution in [0.4, 0.5) is 0 Å². The smallest absolute Gasteiger partial charge is 0.220 e. The van der Waals surface area contributed by atoms with Crippen LogP contribution in [0, 0.1) is 6.92 Å². The molecule has 0 fully saturated rings. The van der Waals surface area contributed by atoms with Gasteiger partial charge < -0.3 is 14.8 Å². The SMILES string of the molecule is CNC(=O)CC(Cn1c2c(c3cc(C)ccc31)CN(C)CC2)c1cccnc1. The molecule has 0 aliphatic carbocycles. The van der Waals surface area contributed by atoms with Gasteiger partial charge in [0.2, 0.25) is 5.91 Å². The summed E-state index contributed by atoms with van der Waals surface area (Å²) in [4.78, 5) is 18.9. The first kappa shape index (κ1) is 18.7. The fraction of sp³-hybridized carbons (Fsp3) is 0.391. The molecule has 0 radical (unpaired) electrons. The van der Waals surface area contributed by atoms with Crippen molar-refractivity contribution in [1.82, 2.24) is 19.8 Å². The van der Waals surface area contributed by atoms with Crippen LogP contribution in [0.1, 0.15) is 34.7 Å². The fourth-order valence-corrected chi connectivity index (χ4v) is 4.36. The molecule has 3 heterocycles. The largest absolute Gasteiger partial charge is 0.359 e. The molecule has 1 unspecified atom stereocenters. The third-order valence-electron chi connectivity index (χ3n) is 5.87. The number of rotatable bonds is 5. The molecule has 1 aliphatic heterocycles. The summed E-state index contributed by atoms with van der Waals surface area (Å²) in [6.07, 6.45) is 5.18. The van der Waals surface area contributed by atoms with Crippen LogP contribution in [-0.4, -0.2) is 41.0 Å². The highest BCUT2D eigenvalue weighted by atomic mass is 16.1. The lowest BCUT2D eigenvalue weighted by molar-refractivity contribution is -0.121. The molecule has 3 aromatic rings. The Morgan fingerprint density at radius 2 is 2.18 bits per heavy atom. The summed E-state index contributed by atoms with van der Waals surface area (Å²) in [7, 11) is 3.89.